The van der Waals surface area contributed by atoms with Gasteiger partial charge in [0.05, 0.1) is 34.4 Å². The van der Waals surface area contributed by atoms with Crippen molar-refractivity contribution in [1.82, 2.24) is 0 Å². The molecule has 0 heterocycles. The van der Waals surface area contributed by atoms with E-state index in [1.54, 1.807) is 0 Å². The van der Waals surface area contributed by atoms with E-state index in [4.69, 9.17) is 18.9 Å². The fraction of sp³-hybridized carbons (Fsp3) is 0.817. The van der Waals surface area contributed by atoms with Crippen molar-refractivity contribution in [3.8, 4) is 0 Å². The van der Waals surface area contributed by atoms with E-state index in [0.717, 1.165) is 64.2 Å². The van der Waals surface area contributed by atoms with Crippen LogP contribution in [0.2, 0.25) is 0 Å². The molecule has 0 aliphatic carbocycles. The Balaban J connectivity index is 4.21. The van der Waals surface area contributed by atoms with E-state index in [9.17, 15) is 19.5 Å². The lowest BCUT2D eigenvalue weighted by atomic mass is 10.0. The van der Waals surface area contributed by atoms with Gasteiger partial charge in [0, 0.05) is 12.8 Å². The molecule has 0 aliphatic heterocycles. The maximum Gasteiger partial charge on any atom is 0.361 e. The van der Waals surface area contributed by atoms with E-state index in [1.165, 1.54) is 167 Å². The fourth-order valence-corrected chi connectivity index (χ4v) is 8.07. The van der Waals surface area contributed by atoms with Gasteiger partial charge in [0.1, 0.15) is 13.2 Å². The molecule has 0 rings (SSSR count). The van der Waals surface area contributed by atoms with Crippen LogP contribution in [-0.2, 0) is 33.3 Å². The number of esters is 2. The molecule has 402 valence electrons. The quantitative estimate of drug-likeness (QED) is 0.0211. The van der Waals surface area contributed by atoms with Gasteiger partial charge in [0.15, 0.2) is 6.10 Å². The molecule has 9 heteroatoms. The van der Waals surface area contributed by atoms with Gasteiger partial charge < -0.3 is 28.5 Å². The predicted octanol–water partition coefficient (Wildman–Crippen LogP) is 16.7. The topological polar surface area (TPSA) is 108 Å². The average molecular weight is 974 g/mol. The highest BCUT2D eigenvalue weighted by molar-refractivity contribution is 5.71. The summed E-state index contributed by atoms with van der Waals surface area (Å²) in [5.74, 6) is -2.01. The summed E-state index contributed by atoms with van der Waals surface area (Å²) in [4.78, 5) is 37.4. The zero-order valence-corrected chi connectivity index (χ0v) is 45.7. The van der Waals surface area contributed by atoms with Crippen molar-refractivity contribution in [2.45, 2.75) is 270 Å². The summed E-state index contributed by atoms with van der Waals surface area (Å²) in [6, 6.07) is 0. The molecular formula is C60H110NO8+. The van der Waals surface area contributed by atoms with E-state index in [2.05, 4.69) is 62.5 Å². The first-order valence-corrected chi connectivity index (χ1v) is 28.8. The Morgan fingerprint density at radius 1 is 0.435 bits per heavy atom. The molecule has 0 aromatic rings. The molecule has 0 fully saturated rings. The molecule has 0 radical (unpaired) electrons. The third-order valence-corrected chi connectivity index (χ3v) is 12.6. The number of hydrogen-bond donors (Lipinski definition) is 1. The lowest BCUT2D eigenvalue weighted by Crippen LogP contribution is -2.40. The van der Waals surface area contributed by atoms with Gasteiger partial charge in [-0.1, -0.05) is 217 Å². The molecule has 0 aliphatic rings. The van der Waals surface area contributed by atoms with E-state index in [1.807, 2.05) is 21.1 Å². The van der Waals surface area contributed by atoms with Crippen molar-refractivity contribution in [3.63, 3.8) is 0 Å². The van der Waals surface area contributed by atoms with Gasteiger partial charge in [-0.15, -0.1) is 0 Å². The third-order valence-electron chi connectivity index (χ3n) is 12.6. The number of carbonyl (C=O) groups is 3. The van der Waals surface area contributed by atoms with Crippen LogP contribution in [0.15, 0.2) is 48.6 Å². The van der Waals surface area contributed by atoms with Gasteiger partial charge in [-0.05, 0) is 77.0 Å². The molecule has 69 heavy (non-hydrogen) atoms. The number of carboxylic acid groups (broad SMARTS) is 1. The molecule has 2 atom stereocenters. The van der Waals surface area contributed by atoms with Crippen LogP contribution in [-0.4, -0.2) is 87.4 Å². The predicted molar refractivity (Wildman–Crippen MR) is 290 cm³/mol. The van der Waals surface area contributed by atoms with Gasteiger partial charge in [-0.2, -0.15) is 0 Å². The molecule has 0 aromatic carbocycles. The van der Waals surface area contributed by atoms with E-state index < -0.39 is 24.3 Å². The van der Waals surface area contributed by atoms with Crippen molar-refractivity contribution >= 4 is 17.9 Å². The fourth-order valence-electron chi connectivity index (χ4n) is 8.07. The Labute approximate surface area is 425 Å². The number of hydrogen-bond acceptors (Lipinski definition) is 7. The largest absolute Gasteiger partial charge is 0.477 e. The minimum atomic E-state index is -1.51. The molecule has 0 spiro atoms. The third kappa shape index (κ3) is 52.9. The number of aliphatic carboxylic acids is 1. The summed E-state index contributed by atoms with van der Waals surface area (Å²) in [6.45, 7) is 4.86. The summed E-state index contributed by atoms with van der Waals surface area (Å²) < 4.78 is 22.9. The number of allylic oxidation sites excluding steroid dienone is 8. The van der Waals surface area contributed by atoms with Crippen molar-refractivity contribution in [2.24, 2.45) is 0 Å². The SMILES string of the molecule is CCCCC/C=C\C/C=C\CCCCCCCCCC(=O)OCC(COC(OCC[N+](C)(C)C)C(=O)O)OC(=O)CCCCCCCCCCCCCCCCC/C=C\C/C=C\CCCCCCC. The summed E-state index contributed by atoms with van der Waals surface area (Å²) in [5, 5.41) is 9.69. The van der Waals surface area contributed by atoms with Crippen molar-refractivity contribution in [1.29, 1.82) is 0 Å². The summed E-state index contributed by atoms with van der Waals surface area (Å²) in [7, 11) is 5.97. The normalized spacial score (nSPS) is 13.1. The molecule has 0 aromatic heterocycles. The van der Waals surface area contributed by atoms with Crippen LogP contribution in [0.3, 0.4) is 0 Å². The second-order valence-corrected chi connectivity index (χ2v) is 20.6. The Kier molecular flexibility index (Phi) is 49.5. The van der Waals surface area contributed by atoms with Gasteiger partial charge in [-0.3, -0.25) is 9.59 Å². The van der Waals surface area contributed by atoms with Gasteiger partial charge >= 0.3 is 17.9 Å². The lowest BCUT2D eigenvalue weighted by molar-refractivity contribution is -0.870. The van der Waals surface area contributed by atoms with Crippen LogP contribution in [0.1, 0.15) is 258 Å². The first-order chi connectivity index (χ1) is 33.6. The Hall–Kier alpha value is -2.75. The zero-order chi connectivity index (χ0) is 50.6. The Morgan fingerprint density at radius 3 is 1.17 bits per heavy atom. The van der Waals surface area contributed by atoms with E-state index >= 15 is 0 Å². The monoisotopic (exact) mass is 973 g/mol. The molecule has 0 saturated carbocycles. The van der Waals surface area contributed by atoms with Crippen LogP contribution in [0, 0.1) is 0 Å². The van der Waals surface area contributed by atoms with Gasteiger partial charge in [0.25, 0.3) is 6.29 Å². The van der Waals surface area contributed by atoms with Crippen LogP contribution < -0.4 is 0 Å². The highest BCUT2D eigenvalue weighted by Crippen LogP contribution is 2.16. The smallest absolute Gasteiger partial charge is 0.361 e. The maximum atomic E-state index is 12.9. The molecule has 0 saturated heterocycles. The molecule has 0 amide bonds. The molecule has 2 unspecified atom stereocenters. The minimum Gasteiger partial charge on any atom is -0.477 e. The summed E-state index contributed by atoms with van der Waals surface area (Å²) in [6.07, 6.45) is 60.4. The first-order valence-electron chi connectivity index (χ1n) is 28.8. The molecule has 9 nitrogen and oxygen atoms in total. The Morgan fingerprint density at radius 2 is 0.783 bits per heavy atom. The van der Waals surface area contributed by atoms with Crippen LogP contribution in [0.4, 0.5) is 0 Å². The number of unbranched alkanes of at least 4 members (excludes halogenated alkanes) is 30. The maximum absolute atomic E-state index is 12.9. The van der Waals surface area contributed by atoms with Crippen molar-refractivity contribution in [2.75, 3.05) is 47.5 Å². The second kappa shape index (κ2) is 51.6. The molecular weight excluding hydrogens is 863 g/mol. The zero-order valence-electron chi connectivity index (χ0n) is 45.7. The standard InChI is InChI=1S/C60H109NO8/c1-6-8-10-12-14-16-18-20-22-24-25-26-27-28-29-30-31-32-33-35-37-39-41-43-45-47-49-51-58(63)69-56(55-68-60(59(64)65)66-53-52-61(3,4)5)54-67-57(62)50-48-46-44-42-40-38-36-34-23-21-19-17-15-13-11-9-7-2/h15,17-18,20-21,23-25,56,60H,6-14,16,19,22,26-55H2,1-5H3/p+1/b17-15-,20-18-,23-21-,25-24-. The molecule has 1 N–H and O–H groups in total. The number of quaternary nitrogens is 1. The minimum absolute atomic E-state index is 0.185. The second-order valence-electron chi connectivity index (χ2n) is 20.6. The Bertz CT molecular complexity index is 1270. The number of rotatable bonds is 53. The first kappa shape index (κ1) is 66.2. The summed E-state index contributed by atoms with van der Waals surface area (Å²) in [5.41, 5.74) is 0. The van der Waals surface area contributed by atoms with Crippen LogP contribution in [0.25, 0.3) is 0 Å². The highest BCUT2D eigenvalue weighted by Gasteiger charge is 2.25. The van der Waals surface area contributed by atoms with Crippen molar-refractivity contribution in [3.05, 3.63) is 48.6 Å². The highest BCUT2D eigenvalue weighted by atomic mass is 16.7. The average Bonchev–Trinajstić information content (AvgIpc) is 3.31. The number of ether oxygens (including phenoxy) is 4. The summed E-state index contributed by atoms with van der Waals surface area (Å²) >= 11 is 0. The van der Waals surface area contributed by atoms with Gasteiger partial charge in [0.2, 0.25) is 0 Å². The number of likely N-dealkylation sites (N-methyl/N-ethyl adjacent to an activating group) is 1. The van der Waals surface area contributed by atoms with Crippen LogP contribution in [0.5, 0.6) is 0 Å². The number of carboxylic acids is 1. The van der Waals surface area contributed by atoms with Crippen LogP contribution >= 0.6 is 0 Å². The van der Waals surface area contributed by atoms with Crippen molar-refractivity contribution < 1.29 is 42.9 Å². The number of carbonyl (C=O) groups excluding carboxylic acids is 2. The van der Waals surface area contributed by atoms with E-state index in [-0.39, 0.29) is 32.2 Å². The number of nitrogens with zero attached hydrogens (tertiary/aromatic N) is 1. The lowest BCUT2D eigenvalue weighted by Gasteiger charge is -2.25. The molecule has 0 bridgehead atoms. The van der Waals surface area contributed by atoms with Gasteiger partial charge in [-0.25, -0.2) is 4.79 Å². The van der Waals surface area contributed by atoms with E-state index in [0.29, 0.717) is 17.4 Å².